The van der Waals surface area contributed by atoms with Crippen molar-refractivity contribution in [3.05, 3.63) is 18.0 Å². The van der Waals surface area contributed by atoms with Gasteiger partial charge in [0.25, 0.3) is 5.91 Å². The molecule has 0 bridgehead atoms. The Bertz CT molecular complexity index is 421. The topological polar surface area (TPSA) is 50.2 Å². The Morgan fingerprint density at radius 3 is 2.68 bits per heavy atom. The predicted molar refractivity (Wildman–Crippen MR) is 75.0 cm³/mol. The first-order valence-corrected chi connectivity index (χ1v) is 7.11. The third kappa shape index (κ3) is 3.35. The molecule has 0 atom stereocenters. The molecule has 1 aliphatic carbocycles. The fourth-order valence-electron chi connectivity index (χ4n) is 2.86. The molecule has 1 saturated carbocycles. The quantitative estimate of drug-likeness (QED) is 0.894. The van der Waals surface area contributed by atoms with Crippen molar-refractivity contribution >= 4 is 5.91 Å². The SMILES string of the molecule is CCNC1CCC(N(C)C(=O)c2cnn(C)c2)CC1. The Kier molecular flexibility index (Phi) is 4.58. The van der Waals surface area contributed by atoms with E-state index in [1.54, 1.807) is 17.1 Å². The van der Waals surface area contributed by atoms with Gasteiger partial charge in [-0.2, -0.15) is 5.10 Å². The molecule has 0 spiro atoms. The summed E-state index contributed by atoms with van der Waals surface area (Å²) in [6.07, 6.45) is 7.90. The van der Waals surface area contributed by atoms with Crippen molar-refractivity contribution in [3.8, 4) is 0 Å². The van der Waals surface area contributed by atoms with Gasteiger partial charge in [0.05, 0.1) is 11.8 Å². The fourth-order valence-corrected chi connectivity index (χ4v) is 2.86. The maximum atomic E-state index is 12.3. The maximum absolute atomic E-state index is 12.3. The highest BCUT2D eigenvalue weighted by molar-refractivity contribution is 5.93. The molecule has 1 aromatic rings. The molecule has 0 aromatic carbocycles. The van der Waals surface area contributed by atoms with Crippen LogP contribution in [0.5, 0.6) is 0 Å². The number of nitrogens with one attached hydrogen (secondary N) is 1. The van der Waals surface area contributed by atoms with Crippen LogP contribution in [-0.2, 0) is 7.05 Å². The van der Waals surface area contributed by atoms with E-state index in [1.807, 2.05) is 19.0 Å². The van der Waals surface area contributed by atoms with Gasteiger partial charge in [0.2, 0.25) is 0 Å². The molecule has 5 nitrogen and oxygen atoms in total. The van der Waals surface area contributed by atoms with Crippen LogP contribution in [0.15, 0.2) is 12.4 Å². The Morgan fingerprint density at radius 2 is 2.16 bits per heavy atom. The minimum atomic E-state index is 0.0833. The van der Waals surface area contributed by atoms with Crippen molar-refractivity contribution in [2.24, 2.45) is 7.05 Å². The van der Waals surface area contributed by atoms with Gasteiger partial charge in [0.15, 0.2) is 0 Å². The van der Waals surface area contributed by atoms with Gasteiger partial charge in [-0.05, 0) is 32.2 Å². The van der Waals surface area contributed by atoms with Crippen molar-refractivity contribution < 1.29 is 4.79 Å². The summed E-state index contributed by atoms with van der Waals surface area (Å²) in [6.45, 7) is 3.17. The van der Waals surface area contributed by atoms with Crippen LogP contribution in [0.1, 0.15) is 43.0 Å². The lowest BCUT2D eigenvalue weighted by atomic mass is 9.90. The Hall–Kier alpha value is -1.36. The van der Waals surface area contributed by atoms with Crippen molar-refractivity contribution in [3.63, 3.8) is 0 Å². The molecular formula is C14H24N4O. The minimum absolute atomic E-state index is 0.0833. The van der Waals surface area contributed by atoms with Crippen LogP contribution in [0.3, 0.4) is 0 Å². The van der Waals surface area contributed by atoms with E-state index in [-0.39, 0.29) is 5.91 Å². The zero-order valence-electron chi connectivity index (χ0n) is 12.1. The molecule has 19 heavy (non-hydrogen) atoms. The first-order chi connectivity index (χ1) is 9.11. The van der Waals surface area contributed by atoms with E-state index >= 15 is 0 Å². The number of aromatic nitrogens is 2. The lowest BCUT2D eigenvalue weighted by Crippen LogP contribution is -2.43. The van der Waals surface area contributed by atoms with Crippen LogP contribution in [0.2, 0.25) is 0 Å². The number of hydrogen-bond acceptors (Lipinski definition) is 3. The second-order valence-electron chi connectivity index (χ2n) is 5.38. The summed E-state index contributed by atoms with van der Waals surface area (Å²) in [4.78, 5) is 14.2. The second kappa shape index (κ2) is 6.19. The van der Waals surface area contributed by atoms with Gasteiger partial charge in [-0.1, -0.05) is 6.92 Å². The van der Waals surface area contributed by atoms with E-state index < -0.39 is 0 Å². The number of nitrogens with zero attached hydrogens (tertiary/aromatic N) is 3. The molecule has 0 saturated heterocycles. The minimum Gasteiger partial charge on any atom is -0.339 e. The smallest absolute Gasteiger partial charge is 0.257 e. The molecule has 1 fully saturated rings. The average Bonchev–Trinajstić information content (AvgIpc) is 2.85. The van der Waals surface area contributed by atoms with Gasteiger partial charge < -0.3 is 10.2 Å². The Labute approximate surface area is 115 Å². The van der Waals surface area contributed by atoms with Gasteiger partial charge in [0, 0.05) is 32.4 Å². The Balaban J connectivity index is 1.90. The van der Waals surface area contributed by atoms with Gasteiger partial charge in [-0.15, -0.1) is 0 Å². The van der Waals surface area contributed by atoms with E-state index in [9.17, 15) is 4.79 Å². The molecule has 0 radical (unpaired) electrons. The lowest BCUT2D eigenvalue weighted by molar-refractivity contribution is 0.0684. The molecule has 0 unspecified atom stereocenters. The molecular weight excluding hydrogens is 240 g/mol. The number of rotatable bonds is 4. The van der Waals surface area contributed by atoms with Crippen molar-refractivity contribution in [1.29, 1.82) is 0 Å². The Morgan fingerprint density at radius 1 is 1.47 bits per heavy atom. The summed E-state index contributed by atoms with van der Waals surface area (Å²) in [6, 6.07) is 0.991. The highest BCUT2D eigenvalue weighted by atomic mass is 16.2. The first-order valence-electron chi connectivity index (χ1n) is 7.11. The normalized spacial score (nSPS) is 23.3. The largest absolute Gasteiger partial charge is 0.339 e. The highest BCUT2D eigenvalue weighted by Gasteiger charge is 2.27. The average molecular weight is 264 g/mol. The van der Waals surface area contributed by atoms with E-state index in [1.165, 1.54) is 0 Å². The van der Waals surface area contributed by atoms with E-state index in [0.717, 1.165) is 32.2 Å². The molecule has 1 aromatic heterocycles. The van der Waals surface area contributed by atoms with Gasteiger partial charge in [-0.3, -0.25) is 9.48 Å². The summed E-state index contributed by atoms with van der Waals surface area (Å²) < 4.78 is 1.67. The molecule has 1 heterocycles. The summed E-state index contributed by atoms with van der Waals surface area (Å²) in [7, 11) is 3.74. The molecule has 0 aliphatic heterocycles. The van der Waals surface area contributed by atoms with Gasteiger partial charge in [-0.25, -0.2) is 0 Å². The van der Waals surface area contributed by atoms with Crippen LogP contribution >= 0.6 is 0 Å². The fraction of sp³-hybridized carbons (Fsp3) is 0.714. The molecule has 2 rings (SSSR count). The van der Waals surface area contributed by atoms with Crippen LogP contribution < -0.4 is 5.32 Å². The predicted octanol–water partition coefficient (Wildman–Crippen LogP) is 1.41. The lowest BCUT2D eigenvalue weighted by Gasteiger charge is -2.34. The zero-order chi connectivity index (χ0) is 13.8. The van der Waals surface area contributed by atoms with Crippen molar-refractivity contribution in [1.82, 2.24) is 20.0 Å². The highest BCUT2D eigenvalue weighted by Crippen LogP contribution is 2.23. The number of carbonyl (C=O) groups excluding carboxylic acids is 1. The van der Waals surface area contributed by atoms with E-state index in [2.05, 4.69) is 17.3 Å². The summed E-state index contributed by atoms with van der Waals surface area (Å²) in [5, 5.41) is 7.55. The van der Waals surface area contributed by atoms with Crippen LogP contribution in [0, 0.1) is 0 Å². The number of hydrogen-bond donors (Lipinski definition) is 1. The standard InChI is InChI=1S/C14H24N4O/c1-4-15-12-5-7-13(8-6-12)18(3)14(19)11-9-16-17(2)10-11/h9-10,12-13,15H,4-8H2,1-3H3. The van der Waals surface area contributed by atoms with Crippen LogP contribution in [-0.4, -0.2) is 46.3 Å². The molecule has 1 N–H and O–H groups in total. The van der Waals surface area contributed by atoms with Crippen LogP contribution in [0.25, 0.3) is 0 Å². The van der Waals surface area contributed by atoms with E-state index in [4.69, 9.17) is 0 Å². The third-order valence-electron chi connectivity index (χ3n) is 4.01. The molecule has 106 valence electrons. The first kappa shape index (κ1) is 14.1. The maximum Gasteiger partial charge on any atom is 0.257 e. The molecule has 1 amide bonds. The zero-order valence-corrected chi connectivity index (χ0v) is 12.1. The number of carbonyl (C=O) groups is 1. The van der Waals surface area contributed by atoms with Gasteiger partial charge >= 0.3 is 0 Å². The second-order valence-corrected chi connectivity index (χ2v) is 5.38. The monoisotopic (exact) mass is 264 g/mol. The van der Waals surface area contributed by atoms with Crippen molar-refractivity contribution in [2.75, 3.05) is 13.6 Å². The van der Waals surface area contributed by atoms with Gasteiger partial charge in [0.1, 0.15) is 0 Å². The number of amides is 1. The van der Waals surface area contributed by atoms with E-state index in [0.29, 0.717) is 17.6 Å². The molecule has 5 heteroatoms. The summed E-state index contributed by atoms with van der Waals surface area (Å²) in [5.41, 5.74) is 0.679. The third-order valence-corrected chi connectivity index (χ3v) is 4.01. The van der Waals surface area contributed by atoms with Crippen LogP contribution in [0.4, 0.5) is 0 Å². The van der Waals surface area contributed by atoms with Crippen molar-refractivity contribution in [2.45, 2.75) is 44.7 Å². The summed E-state index contributed by atoms with van der Waals surface area (Å²) in [5.74, 6) is 0.0833. The molecule has 1 aliphatic rings. The summed E-state index contributed by atoms with van der Waals surface area (Å²) >= 11 is 0. The number of aryl methyl sites for hydroxylation is 1.